The van der Waals surface area contributed by atoms with Crippen LogP contribution in [0.25, 0.3) is 0 Å². The summed E-state index contributed by atoms with van der Waals surface area (Å²) in [7, 11) is 0. The number of halogens is 2. The lowest BCUT2D eigenvalue weighted by Gasteiger charge is -2.34. The third kappa shape index (κ3) is 7.72. The first-order valence-corrected chi connectivity index (χ1v) is 9.20. The van der Waals surface area contributed by atoms with Crippen LogP contribution in [0.2, 0.25) is 0 Å². The van der Waals surface area contributed by atoms with Crippen molar-refractivity contribution in [1.82, 2.24) is 10.2 Å². The van der Waals surface area contributed by atoms with Gasteiger partial charge in [-0.05, 0) is 49.3 Å². The number of hydrogen-bond acceptors (Lipinski definition) is 3. The number of nitrogens with one attached hydrogen (secondary N) is 2. The Morgan fingerprint density at radius 3 is 2.78 bits per heavy atom. The van der Waals surface area contributed by atoms with E-state index in [1.54, 1.807) is 6.07 Å². The molecule has 1 heterocycles. The van der Waals surface area contributed by atoms with E-state index in [0.29, 0.717) is 31.1 Å². The van der Waals surface area contributed by atoms with Crippen molar-refractivity contribution in [1.29, 1.82) is 0 Å². The van der Waals surface area contributed by atoms with Gasteiger partial charge in [0.05, 0.1) is 6.04 Å². The lowest BCUT2D eigenvalue weighted by atomic mass is 9.96. The summed E-state index contributed by atoms with van der Waals surface area (Å²) in [6.45, 7) is 5.88. The lowest BCUT2D eigenvalue weighted by Crippen LogP contribution is -2.50. The van der Waals surface area contributed by atoms with Crippen LogP contribution in [0.15, 0.2) is 24.3 Å². The molecule has 2 atom stereocenters. The summed E-state index contributed by atoms with van der Waals surface area (Å²) in [5.74, 6) is 0.162. The monoisotopic (exact) mass is 400 g/mol. The van der Waals surface area contributed by atoms with Gasteiger partial charge in [0, 0.05) is 25.3 Å². The molecular weight excluding hydrogens is 371 g/mol. The number of urea groups is 1. The van der Waals surface area contributed by atoms with Crippen LogP contribution in [0, 0.1) is 17.7 Å². The maximum Gasteiger partial charge on any atom is 0.319 e. The van der Waals surface area contributed by atoms with Crippen molar-refractivity contribution < 1.29 is 14.0 Å². The molecule has 1 aliphatic rings. The fraction of sp³-hybridized carbons (Fsp3) is 0.579. The molecule has 1 unspecified atom stereocenters. The van der Waals surface area contributed by atoms with Crippen LogP contribution < -0.4 is 16.4 Å². The molecule has 2 rings (SSSR count). The number of amides is 3. The van der Waals surface area contributed by atoms with Gasteiger partial charge in [-0.25, -0.2) is 9.18 Å². The Hall–Kier alpha value is -1.86. The second-order valence-corrected chi connectivity index (χ2v) is 7.37. The van der Waals surface area contributed by atoms with Gasteiger partial charge in [-0.2, -0.15) is 0 Å². The number of carbonyl (C=O) groups excluding carboxylic acids is 2. The van der Waals surface area contributed by atoms with Gasteiger partial charge in [0.15, 0.2) is 0 Å². The molecule has 0 bridgehead atoms. The van der Waals surface area contributed by atoms with E-state index in [1.165, 1.54) is 18.2 Å². The van der Waals surface area contributed by atoms with E-state index >= 15 is 0 Å². The number of carbonyl (C=O) groups is 2. The molecule has 27 heavy (non-hydrogen) atoms. The Balaban J connectivity index is 0.00000364. The van der Waals surface area contributed by atoms with Crippen molar-refractivity contribution in [2.75, 3.05) is 25.0 Å². The predicted octanol–water partition coefficient (Wildman–Crippen LogP) is 2.98. The third-order valence-corrected chi connectivity index (χ3v) is 4.51. The van der Waals surface area contributed by atoms with Crippen LogP contribution in [-0.2, 0) is 4.79 Å². The topological polar surface area (TPSA) is 87.5 Å². The lowest BCUT2D eigenvalue weighted by molar-refractivity contribution is -0.134. The van der Waals surface area contributed by atoms with Crippen LogP contribution in [0.1, 0.15) is 33.1 Å². The summed E-state index contributed by atoms with van der Waals surface area (Å²) in [4.78, 5) is 26.2. The number of anilines is 1. The number of rotatable bonds is 6. The molecule has 4 N–H and O–H groups in total. The Bertz CT molecular complexity index is 629. The van der Waals surface area contributed by atoms with Gasteiger partial charge < -0.3 is 21.3 Å². The Labute approximate surface area is 166 Å². The molecule has 1 aliphatic heterocycles. The van der Waals surface area contributed by atoms with Crippen molar-refractivity contribution in [3.8, 4) is 0 Å². The maximum atomic E-state index is 13.1. The molecule has 3 amide bonds. The first-order chi connectivity index (χ1) is 12.3. The van der Waals surface area contributed by atoms with E-state index in [9.17, 15) is 14.0 Å². The van der Waals surface area contributed by atoms with Gasteiger partial charge in [0.1, 0.15) is 5.82 Å². The number of likely N-dealkylation sites (tertiary alicyclic amines) is 1. The van der Waals surface area contributed by atoms with Crippen LogP contribution in [0.5, 0.6) is 0 Å². The highest BCUT2D eigenvalue weighted by Gasteiger charge is 2.27. The average Bonchev–Trinajstić information content (AvgIpc) is 2.59. The van der Waals surface area contributed by atoms with Crippen LogP contribution >= 0.6 is 12.4 Å². The van der Waals surface area contributed by atoms with Crippen LogP contribution in [0.4, 0.5) is 14.9 Å². The Morgan fingerprint density at radius 1 is 1.37 bits per heavy atom. The van der Waals surface area contributed by atoms with Crippen molar-refractivity contribution in [3.05, 3.63) is 30.1 Å². The smallest absolute Gasteiger partial charge is 0.319 e. The molecule has 0 saturated carbocycles. The minimum absolute atomic E-state index is 0. The summed E-state index contributed by atoms with van der Waals surface area (Å²) in [5, 5.41) is 5.41. The van der Waals surface area contributed by atoms with Crippen molar-refractivity contribution in [2.24, 2.45) is 17.6 Å². The molecular formula is C19H30ClFN4O2. The van der Waals surface area contributed by atoms with E-state index in [0.717, 1.165) is 19.4 Å². The summed E-state index contributed by atoms with van der Waals surface area (Å²) in [5.41, 5.74) is 6.42. The molecule has 1 saturated heterocycles. The quantitative estimate of drug-likeness (QED) is 0.686. The maximum absolute atomic E-state index is 13.1. The Kier molecular flexibility index (Phi) is 9.52. The zero-order chi connectivity index (χ0) is 19.1. The van der Waals surface area contributed by atoms with E-state index in [-0.39, 0.29) is 30.3 Å². The highest BCUT2D eigenvalue weighted by Crippen LogP contribution is 2.18. The van der Waals surface area contributed by atoms with Crippen molar-refractivity contribution in [3.63, 3.8) is 0 Å². The van der Waals surface area contributed by atoms with Gasteiger partial charge in [-0.1, -0.05) is 19.9 Å². The number of piperidine rings is 1. The van der Waals surface area contributed by atoms with Crippen molar-refractivity contribution >= 4 is 30.0 Å². The zero-order valence-electron chi connectivity index (χ0n) is 15.9. The summed E-state index contributed by atoms with van der Waals surface area (Å²) in [6, 6.07) is 4.90. The average molecular weight is 401 g/mol. The van der Waals surface area contributed by atoms with Crippen molar-refractivity contribution in [2.45, 2.75) is 39.2 Å². The first-order valence-electron chi connectivity index (χ1n) is 9.20. The zero-order valence-corrected chi connectivity index (χ0v) is 16.7. The molecule has 6 nitrogen and oxygen atoms in total. The van der Waals surface area contributed by atoms with E-state index in [4.69, 9.17) is 5.73 Å². The summed E-state index contributed by atoms with van der Waals surface area (Å²) < 4.78 is 13.1. The number of nitrogens with two attached hydrogens (primary N) is 1. The number of hydrogen-bond donors (Lipinski definition) is 3. The second kappa shape index (κ2) is 11.1. The highest BCUT2D eigenvalue weighted by atomic mass is 35.5. The SMILES string of the molecule is CC(C)C[C@H](N)C(=O)N1CCCC(CNC(=O)Nc2cccc(F)c2)C1.Cl. The van der Waals surface area contributed by atoms with Gasteiger partial charge in [-0.3, -0.25) is 4.79 Å². The normalized spacial score (nSPS) is 17.8. The molecule has 0 aromatic heterocycles. The van der Waals surface area contributed by atoms with Gasteiger partial charge in [0.25, 0.3) is 0 Å². The third-order valence-electron chi connectivity index (χ3n) is 4.51. The highest BCUT2D eigenvalue weighted by molar-refractivity contribution is 5.89. The molecule has 1 fully saturated rings. The minimum Gasteiger partial charge on any atom is -0.341 e. The largest absolute Gasteiger partial charge is 0.341 e. The standard InChI is InChI=1S/C19H29FN4O2.ClH/c1-13(2)9-17(21)18(25)24-8-4-5-14(12-24)11-22-19(26)23-16-7-3-6-15(20)10-16;/h3,6-7,10,13-14,17H,4-5,8-9,11-12,21H2,1-2H3,(H2,22,23,26);1H/t14?,17-;/m0./s1. The predicted molar refractivity (Wildman–Crippen MR) is 107 cm³/mol. The van der Waals surface area contributed by atoms with Gasteiger partial charge in [-0.15, -0.1) is 12.4 Å². The Morgan fingerprint density at radius 2 is 2.11 bits per heavy atom. The van der Waals surface area contributed by atoms with E-state index in [1.807, 2.05) is 18.7 Å². The summed E-state index contributed by atoms with van der Waals surface area (Å²) >= 11 is 0. The van der Waals surface area contributed by atoms with Gasteiger partial charge >= 0.3 is 6.03 Å². The van der Waals surface area contributed by atoms with Gasteiger partial charge in [0.2, 0.25) is 5.91 Å². The fourth-order valence-corrected chi connectivity index (χ4v) is 3.25. The molecule has 0 aliphatic carbocycles. The van der Waals surface area contributed by atoms with E-state index in [2.05, 4.69) is 10.6 Å². The first kappa shape index (κ1) is 23.2. The van der Waals surface area contributed by atoms with E-state index < -0.39 is 11.9 Å². The molecule has 1 aromatic rings. The van der Waals surface area contributed by atoms with Crippen LogP contribution in [-0.4, -0.2) is 42.5 Å². The number of benzene rings is 1. The molecule has 0 spiro atoms. The molecule has 0 radical (unpaired) electrons. The molecule has 1 aromatic carbocycles. The molecule has 152 valence electrons. The second-order valence-electron chi connectivity index (χ2n) is 7.37. The number of nitrogens with zero attached hydrogens (tertiary/aromatic N) is 1. The minimum atomic E-state index is -0.460. The van der Waals surface area contributed by atoms with Crippen LogP contribution in [0.3, 0.4) is 0 Å². The summed E-state index contributed by atoms with van der Waals surface area (Å²) in [6.07, 6.45) is 2.52. The molecule has 8 heteroatoms. The fourth-order valence-electron chi connectivity index (χ4n) is 3.25.